The largest absolute Gasteiger partial charge is 0.462 e. The molecule has 0 spiro atoms. The number of amides is 3. The number of nitrogens with one attached hydrogen (secondary N) is 2. The van der Waals surface area contributed by atoms with E-state index in [1.165, 1.54) is 56.9 Å². The Morgan fingerprint density at radius 2 is 1.34 bits per heavy atom. The summed E-state index contributed by atoms with van der Waals surface area (Å²) in [7, 11) is 0. The maximum atomic E-state index is 13.6. The predicted octanol–water partition coefficient (Wildman–Crippen LogP) is 12.3. The second-order valence-electron chi connectivity index (χ2n) is 22.9. The molecule has 0 bridgehead atoms. The van der Waals surface area contributed by atoms with Gasteiger partial charge in [0.25, 0.3) is 0 Å². The van der Waals surface area contributed by atoms with E-state index in [1.807, 2.05) is 46.4 Å². The Kier molecular flexibility index (Phi) is 19.6. The Labute approximate surface area is 377 Å². The number of esters is 1. The Bertz CT molecular complexity index is 1480. The lowest BCUT2D eigenvalue weighted by atomic mass is 9.47. The molecule has 4 rings (SSSR count). The minimum atomic E-state index is -0.578. The van der Waals surface area contributed by atoms with E-state index in [9.17, 15) is 19.2 Å². The quantitative estimate of drug-likeness (QED) is 0.0481. The first-order chi connectivity index (χ1) is 29.1. The third-order valence-corrected chi connectivity index (χ3v) is 15.2. The Morgan fingerprint density at radius 1 is 0.726 bits per heavy atom. The lowest BCUT2D eigenvalue weighted by Crippen LogP contribution is -2.51. The van der Waals surface area contributed by atoms with Gasteiger partial charge < -0.3 is 29.7 Å². The fourth-order valence-electron chi connectivity index (χ4n) is 12.1. The summed E-state index contributed by atoms with van der Waals surface area (Å²) in [5, 5.41) is 5.62. The van der Waals surface area contributed by atoms with Crippen LogP contribution < -0.4 is 10.6 Å². The van der Waals surface area contributed by atoms with Gasteiger partial charge in [0.15, 0.2) is 0 Å². The van der Waals surface area contributed by atoms with Gasteiger partial charge in [0.1, 0.15) is 17.3 Å². The van der Waals surface area contributed by atoms with Crippen molar-refractivity contribution in [2.24, 2.45) is 46.3 Å². The first kappa shape index (κ1) is 51.9. The molecular formula is C52H91N3O7. The smallest absolute Gasteiger partial charge is 0.407 e. The van der Waals surface area contributed by atoms with E-state index in [2.05, 4.69) is 51.3 Å². The van der Waals surface area contributed by atoms with Crippen LogP contribution >= 0.6 is 0 Å². The van der Waals surface area contributed by atoms with Crippen LogP contribution in [0.15, 0.2) is 11.6 Å². The normalized spacial score (nSPS) is 27.5. The van der Waals surface area contributed by atoms with Gasteiger partial charge in [-0.1, -0.05) is 91.2 Å². The third-order valence-electron chi connectivity index (χ3n) is 15.2. The summed E-state index contributed by atoms with van der Waals surface area (Å²) in [6.07, 6.45) is 21.8. The molecule has 0 unspecified atom stereocenters. The standard InChI is InChI=1S/C52H91N3O7/c1-37(2)20-18-21-38(3)42-24-25-43-41-23-22-39-36-40(28-30-51(39,10)44(41)29-31-52(42,43)11)60-46(57)27-26-45(56)55(35-19-33-54-48(59)62-50(7,8)9)34-17-15-13-12-14-16-32-53-47(58)61-49(4,5)6/h22,37-38,40-44H,12-21,23-36H2,1-11H3,(H,53,58)(H,54,59)/t38-,40+,41+,42-,43+,44+,51+,52-/m1/s1. The van der Waals surface area contributed by atoms with Crippen LogP contribution in [0.1, 0.15) is 205 Å². The van der Waals surface area contributed by atoms with Crippen molar-refractivity contribution in [2.45, 2.75) is 222 Å². The molecule has 0 aliphatic heterocycles. The molecule has 3 fully saturated rings. The SMILES string of the molecule is CC(C)CCC[C@@H](C)[C@H]1CC[C@H]2[C@@H]3CC=C4C[C@@H](OC(=O)CCC(=O)N(CCCCCCCCNC(=O)OC(C)(C)C)CCCNC(=O)OC(C)(C)C)CC[C@]4(C)[C@H]3CC[C@]12C. The van der Waals surface area contributed by atoms with Crippen LogP contribution in [-0.4, -0.2) is 72.4 Å². The number of hydrogen-bond donors (Lipinski definition) is 2. The molecule has 10 nitrogen and oxygen atoms in total. The molecule has 0 saturated heterocycles. The van der Waals surface area contributed by atoms with Gasteiger partial charge in [0.05, 0.1) is 6.42 Å². The summed E-state index contributed by atoms with van der Waals surface area (Å²) < 4.78 is 16.8. The van der Waals surface area contributed by atoms with Gasteiger partial charge in [0.2, 0.25) is 5.91 Å². The molecule has 62 heavy (non-hydrogen) atoms. The van der Waals surface area contributed by atoms with Crippen molar-refractivity contribution in [1.29, 1.82) is 0 Å². The van der Waals surface area contributed by atoms with Gasteiger partial charge in [0, 0.05) is 39.0 Å². The molecule has 0 aromatic carbocycles. The van der Waals surface area contributed by atoms with Crippen LogP contribution in [0.4, 0.5) is 9.59 Å². The maximum absolute atomic E-state index is 13.6. The third kappa shape index (κ3) is 15.7. The summed E-state index contributed by atoms with van der Waals surface area (Å²) in [6, 6.07) is 0. The number of hydrogen-bond acceptors (Lipinski definition) is 7. The van der Waals surface area contributed by atoms with Gasteiger partial charge >= 0.3 is 18.2 Å². The molecule has 4 aliphatic rings. The fraction of sp³-hybridized carbons (Fsp3) is 0.885. The van der Waals surface area contributed by atoms with Crippen molar-refractivity contribution in [1.82, 2.24) is 15.5 Å². The molecule has 0 heterocycles. The first-order valence-corrected chi connectivity index (χ1v) is 25.2. The molecule has 3 amide bonds. The zero-order valence-electron chi connectivity index (χ0n) is 41.4. The number of ether oxygens (including phenoxy) is 3. The van der Waals surface area contributed by atoms with Gasteiger partial charge in [-0.25, -0.2) is 9.59 Å². The van der Waals surface area contributed by atoms with Gasteiger partial charge in [-0.15, -0.1) is 0 Å². The highest BCUT2D eigenvalue weighted by molar-refractivity contribution is 5.81. The summed E-state index contributed by atoms with van der Waals surface area (Å²) in [5.41, 5.74) is 1.11. The van der Waals surface area contributed by atoms with E-state index in [0.717, 1.165) is 93.3 Å². The first-order valence-electron chi connectivity index (χ1n) is 25.2. The Hall–Kier alpha value is -2.78. The van der Waals surface area contributed by atoms with Crippen molar-refractivity contribution in [3.8, 4) is 0 Å². The zero-order valence-corrected chi connectivity index (χ0v) is 41.4. The van der Waals surface area contributed by atoms with Crippen LogP contribution in [0.5, 0.6) is 0 Å². The molecule has 356 valence electrons. The zero-order chi connectivity index (χ0) is 45.7. The van der Waals surface area contributed by atoms with E-state index in [1.54, 1.807) is 0 Å². The minimum Gasteiger partial charge on any atom is -0.462 e. The predicted molar refractivity (Wildman–Crippen MR) is 250 cm³/mol. The highest BCUT2D eigenvalue weighted by Gasteiger charge is 2.59. The molecule has 0 aromatic heterocycles. The number of carbonyl (C=O) groups is 4. The molecule has 0 radical (unpaired) electrons. The molecule has 2 N–H and O–H groups in total. The number of allylic oxidation sites excluding steroid dienone is 1. The van der Waals surface area contributed by atoms with E-state index < -0.39 is 17.3 Å². The van der Waals surface area contributed by atoms with Crippen molar-refractivity contribution in [2.75, 3.05) is 26.2 Å². The second kappa shape index (κ2) is 23.4. The Morgan fingerprint density at radius 3 is 1.98 bits per heavy atom. The monoisotopic (exact) mass is 870 g/mol. The van der Waals surface area contributed by atoms with Crippen LogP contribution in [0.2, 0.25) is 0 Å². The topological polar surface area (TPSA) is 123 Å². The number of alkyl carbamates (subject to hydrolysis) is 2. The Balaban J connectivity index is 1.22. The number of carbonyl (C=O) groups excluding carboxylic acids is 4. The second-order valence-corrected chi connectivity index (χ2v) is 22.9. The summed E-state index contributed by atoms with van der Waals surface area (Å²) in [4.78, 5) is 52.8. The molecule has 4 aliphatic carbocycles. The summed E-state index contributed by atoms with van der Waals surface area (Å²) in [5.74, 6) is 4.47. The van der Waals surface area contributed by atoms with Crippen LogP contribution in [0, 0.1) is 46.3 Å². The lowest BCUT2D eigenvalue weighted by molar-refractivity contribution is -0.153. The summed E-state index contributed by atoms with van der Waals surface area (Å²) in [6.45, 7) is 25.6. The number of nitrogens with zero attached hydrogens (tertiary/aromatic N) is 1. The lowest BCUT2D eigenvalue weighted by Gasteiger charge is -2.58. The number of fused-ring (bicyclic) bond motifs is 5. The van der Waals surface area contributed by atoms with Gasteiger partial charge in [-0.2, -0.15) is 0 Å². The minimum absolute atomic E-state index is 0.0481. The van der Waals surface area contributed by atoms with E-state index in [0.29, 0.717) is 38.0 Å². The summed E-state index contributed by atoms with van der Waals surface area (Å²) >= 11 is 0. The van der Waals surface area contributed by atoms with Crippen molar-refractivity contribution in [3.05, 3.63) is 11.6 Å². The van der Waals surface area contributed by atoms with Crippen LogP contribution in [0.3, 0.4) is 0 Å². The highest BCUT2D eigenvalue weighted by atomic mass is 16.6. The van der Waals surface area contributed by atoms with Crippen molar-refractivity contribution in [3.63, 3.8) is 0 Å². The molecule has 0 aromatic rings. The van der Waals surface area contributed by atoms with Gasteiger partial charge in [-0.05, 0) is 152 Å². The van der Waals surface area contributed by atoms with Crippen LogP contribution in [0.25, 0.3) is 0 Å². The molecular weight excluding hydrogens is 779 g/mol. The molecule has 3 saturated carbocycles. The highest BCUT2D eigenvalue weighted by Crippen LogP contribution is 2.67. The van der Waals surface area contributed by atoms with E-state index in [4.69, 9.17) is 14.2 Å². The maximum Gasteiger partial charge on any atom is 0.407 e. The van der Waals surface area contributed by atoms with E-state index in [-0.39, 0.29) is 42.3 Å². The molecule has 10 heteroatoms. The average Bonchev–Trinajstić information content (AvgIpc) is 3.53. The number of rotatable bonds is 22. The average molecular weight is 870 g/mol. The van der Waals surface area contributed by atoms with Gasteiger partial charge in [-0.3, -0.25) is 9.59 Å². The van der Waals surface area contributed by atoms with E-state index >= 15 is 0 Å². The molecule has 8 atom stereocenters. The van der Waals surface area contributed by atoms with Crippen molar-refractivity contribution >= 4 is 24.1 Å². The number of unbranched alkanes of at least 4 members (excludes halogenated alkanes) is 5. The fourth-order valence-corrected chi connectivity index (χ4v) is 12.1. The van der Waals surface area contributed by atoms with Crippen molar-refractivity contribution < 1.29 is 33.4 Å². The van der Waals surface area contributed by atoms with Crippen LogP contribution in [-0.2, 0) is 23.8 Å².